The first-order valence-electron chi connectivity index (χ1n) is 9.94. The zero-order valence-electron chi connectivity index (χ0n) is 17.7. The number of hydrogen-bond donors (Lipinski definition) is 1. The van der Waals surface area contributed by atoms with Gasteiger partial charge in [0.1, 0.15) is 5.69 Å². The zero-order chi connectivity index (χ0) is 20.9. The number of aromatic nitrogens is 2. The molecule has 5 nitrogen and oxygen atoms in total. The molecule has 0 aliphatic carbocycles. The second-order valence-electron chi connectivity index (χ2n) is 8.53. The summed E-state index contributed by atoms with van der Waals surface area (Å²) < 4.78 is 1.84. The average molecular weight is 391 g/mol. The fourth-order valence-electron chi connectivity index (χ4n) is 3.57. The molecule has 2 aromatic carbocycles. The Morgan fingerprint density at radius 3 is 2.28 bits per heavy atom. The van der Waals surface area contributed by atoms with Gasteiger partial charge in [0.05, 0.1) is 12.1 Å². The summed E-state index contributed by atoms with van der Waals surface area (Å²) >= 11 is 0. The van der Waals surface area contributed by atoms with Crippen LogP contribution in [0, 0.1) is 5.41 Å². The molecule has 1 amide bonds. The molecule has 0 aliphatic heterocycles. The monoisotopic (exact) mass is 390 g/mol. The molecule has 0 atom stereocenters. The van der Waals surface area contributed by atoms with Crippen LogP contribution >= 0.6 is 0 Å². The Balaban J connectivity index is 1.84. The Morgan fingerprint density at radius 1 is 1.03 bits per heavy atom. The van der Waals surface area contributed by atoms with E-state index >= 15 is 0 Å². The van der Waals surface area contributed by atoms with E-state index in [9.17, 15) is 4.79 Å². The molecule has 0 unspecified atom stereocenters. The minimum atomic E-state index is -0.0880. The number of benzene rings is 2. The molecule has 5 heteroatoms. The first-order valence-corrected chi connectivity index (χ1v) is 9.94. The first-order chi connectivity index (χ1) is 13.8. The Hall–Kier alpha value is -2.92. The number of nitrogens with one attached hydrogen (secondary N) is 1. The van der Waals surface area contributed by atoms with Gasteiger partial charge in [0.2, 0.25) is 0 Å². The van der Waals surface area contributed by atoms with E-state index in [1.54, 1.807) is 0 Å². The minimum absolute atomic E-state index is 0.0217. The predicted molar refractivity (Wildman–Crippen MR) is 118 cm³/mol. The third-order valence-corrected chi connectivity index (χ3v) is 4.71. The summed E-state index contributed by atoms with van der Waals surface area (Å²) in [4.78, 5) is 15.2. The van der Waals surface area contributed by atoms with Crippen molar-refractivity contribution in [1.29, 1.82) is 0 Å². The third-order valence-electron chi connectivity index (χ3n) is 4.71. The van der Waals surface area contributed by atoms with E-state index in [4.69, 9.17) is 5.10 Å². The van der Waals surface area contributed by atoms with Crippen molar-refractivity contribution in [3.05, 3.63) is 78.0 Å². The van der Waals surface area contributed by atoms with Crippen molar-refractivity contribution in [2.24, 2.45) is 5.41 Å². The van der Waals surface area contributed by atoms with E-state index in [1.807, 2.05) is 73.5 Å². The minimum Gasteiger partial charge on any atom is -0.351 e. The second-order valence-corrected chi connectivity index (χ2v) is 8.53. The van der Waals surface area contributed by atoms with E-state index in [2.05, 4.69) is 36.2 Å². The van der Waals surface area contributed by atoms with Gasteiger partial charge in [-0.15, -0.1) is 0 Å². The van der Waals surface area contributed by atoms with Crippen LogP contribution in [0.4, 0.5) is 0 Å². The Labute approximate surface area is 173 Å². The molecule has 152 valence electrons. The maximum atomic E-state index is 13.1. The topological polar surface area (TPSA) is 50.2 Å². The van der Waals surface area contributed by atoms with E-state index in [-0.39, 0.29) is 11.3 Å². The number of carbonyl (C=O) groups is 1. The van der Waals surface area contributed by atoms with E-state index in [0.29, 0.717) is 24.3 Å². The highest BCUT2D eigenvalue weighted by Crippen LogP contribution is 2.23. The van der Waals surface area contributed by atoms with Crippen LogP contribution in [-0.2, 0) is 6.54 Å². The molecular weight excluding hydrogens is 360 g/mol. The normalized spacial score (nSPS) is 11.6. The van der Waals surface area contributed by atoms with Crippen molar-refractivity contribution < 1.29 is 4.79 Å². The van der Waals surface area contributed by atoms with Gasteiger partial charge in [0.25, 0.3) is 5.91 Å². The highest BCUT2D eigenvalue weighted by molar-refractivity contribution is 5.99. The van der Waals surface area contributed by atoms with Crippen LogP contribution in [0.15, 0.2) is 66.9 Å². The summed E-state index contributed by atoms with van der Waals surface area (Å²) in [5.74, 6) is -0.0880. The molecule has 3 aromatic rings. The number of nitrogens with zero attached hydrogens (tertiary/aromatic N) is 3. The predicted octanol–water partition coefficient (Wildman–Crippen LogP) is 3.92. The molecule has 0 radical (unpaired) electrons. The second kappa shape index (κ2) is 9.05. The highest BCUT2D eigenvalue weighted by atomic mass is 16.1. The quantitative estimate of drug-likeness (QED) is 0.634. The van der Waals surface area contributed by atoms with Crippen LogP contribution in [0.5, 0.6) is 0 Å². The maximum absolute atomic E-state index is 13.1. The van der Waals surface area contributed by atoms with Crippen LogP contribution < -0.4 is 5.32 Å². The summed E-state index contributed by atoms with van der Waals surface area (Å²) in [7, 11) is 4.09. The molecular formula is C24H30N4O. The van der Waals surface area contributed by atoms with Gasteiger partial charge in [0, 0.05) is 24.8 Å². The van der Waals surface area contributed by atoms with Crippen LogP contribution in [0.1, 0.15) is 29.8 Å². The molecule has 0 saturated heterocycles. The lowest BCUT2D eigenvalue weighted by Crippen LogP contribution is -2.40. The molecule has 0 spiro atoms. The van der Waals surface area contributed by atoms with Crippen molar-refractivity contribution in [3.8, 4) is 11.3 Å². The largest absolute Gasteiger partial charge is 0.351 e. The average Bonchev–Trinajstić information content (AvgIpc) is 3.10. The van der Waals surface area contributed by atoms with Crippen molar-refractivity contribution in [2.45, 2.75) is 20.4 Å². The molecule has 0 bridgehead atoms. The van der Waals surface area contributed by atoms with Gasteiger partial charge in [-0.25, -0.2) is 0 Å². The van der Waals surface area contributed by atoms with Crippen molar-refractivity contribution in [1.82, 2.24) is 20.0 Å². The lowest BCUT2D eigenvalue weighted by atomic mass is 9.93. The molecule has 1 N–H and O–H groups in total. The van der Waals surface area contributed by atoms with Gasteiger partial charge < -0.3 is 10.2 Å². The summed E-state index contributed by atoms with van der Waals surface area (Å²) in [6, 6.07) is 20.0. The van der Waals surface area contributed by atoms with Crippen LogP contribution in [0.25, 0.3) is 11.3 Å². The highest BCUT2D eigenvalue weighted by Gasteiger charge is 2.23. The maximum Gasteiger partial charge on any atom is 0.255 e. The van der Waals surface area contributed by atoms with Gasteiger partial charge in [-0.1, -0.05) is 74.5 Å². The molecule has 29 heavy (non-hydrogen) atoms. The fraction of sp³-hybridized carbons (Fsp3) is 0.333. The number of carbonyl (C=O) groups excluding carboxylic acids is 1. The number of amides is 1. The van der Waals surface area contributed by atoms with E-state index in [0.717, 1.165) is 17.7 Å². The smallest absolute Gasteiger partial charge is 0.255 e. The van der Waals surface area contributed by atoms with E-state index < -0.39 is 0 Å². The molecule has 0 aliphatic rings. The van der Waals surface area contributed by atoms with Crippen molar-refractivity contribution in [2.75, 3.05) is 27.2 Å². The molecule has 3 rings (SSSR count). The summed E-state index contributed by atoms with van der Waals surface area (Å²) in [6.45, 7) is 6.43. The van der Waals surface area contributed by atoms with Crippen LogP contribution in [0.3, 0.4) is 0 Å². The van der Waals surface area contributed by atoms with E-state index in [1.165, 1.54) is 0 Å². The van der Waals surface area contributed by atoms with Gasteiger partial charge in [-0.05, 0) is 25.1 Å². The van der Waals surface area contributed by atoms with Gasteiger partial charge in [-0.3, -0.25) is 9.48 Å². The third kappa shape index (κ3) is 5.78. The Morgan fingerprint density at radius 2 is 1.66 bits per heavy atom. The summed E-state index contributed by atoms with van der Waals surface area (Å²) in [6.07, 6.45) is 1.85. The zero-order valence-corrected chi connectivity index (χ0v) is 17.7. The lowest BCUT2D eigenvalue weighted by molar-refractivity contribution is 0.0929. The van der Waals surface area contributed by atoms with Gasteiger partial charge in [0.15, 0.2) is 0 Å². The van der Waals surface area contributed by atoms with Crippen LogP contribution in [-0.4, -0.2) is 47.8 Å². The van der Waals surface area contributed by atoms with Gasteiger partial charge in [-0.2, -0.15) is 5.10 Å². The summed E-state index contributed by atoms with van der Waals surface area (Å²) in [5, 5.41) is 7.85. The summed E-state index contributed by atoms with van der Waals surface area (Å²) in [5.41, 5.74) is 3.38. The Kier molecular flexibility index (Phi) is 6.49. The lowest BCUT2D eigenvalue weighted by Gasteiger charge is -2.28. The van der Waals surface area contributed by atoms with Crippen LogP contribution in [0.2, 0.25) is 0 Å². The fourth-order valence-corrected chi connectivity index (χ4v) is 3.57. The SMILES string of the molecule is CN(C)CC(C)(C)CNC(=O)c1cn(Cc2ccccc2)nc1-c1ccccc1. The molecule has 0 saturated carbocycles. The first kappa shape index (κ1) is 20.8. The Bertz CT molecular complexity index is 930. The molecule has 1 aromatic heterocycles. The molecule has 1 heterocycles. The standard InChI is InChI=1S/C24H30N4O/c1-24(2,18-27(3)4)17-25-23(29)21-16-28(15-19-11-7-5-8-12-19)26-22(21)20-13-9-6-10-14-20/h5-14,16H,15,17-18H2,1-4H3,(H,25,29). The number of rotatable bonds is 8. The van der Waals surface area contributed by atoms with Crippen molar-refractivity contribution >= 4 is 5.91 Å². The number of hydrogen-bond acceptors (Lipinski definition) is 3. The van der Waals surface area contributed by atoms with Gasteiger partial charge >= 0.3 is 0 Å². The van der Waals surface area contributed by atoms with Crippen molar-refractivity contribution in [3.63, 3.8) is 0 Å². The molecule has 0 fully saturated rings.